The monoisotopic (exact) mass is 698 g/mol. The van der Waals surface area contributed by atoms with Gasteiger partial charge in [-0.05, 0) is 25.7 Å². The average Bonchev–Trinajstić information content (AvgIpc) is 3.73. The Morgan fingerprint density at radius 2 is 1.02 bits per heavy atom. The molecule has 46 heavy (non-hydrogen) atoms. The third-order valence-electron chi connectivity index (χ3n) is 8.96. The van der Waals surface area contributed by atoms with Crippen molar-refractivity contribution in [2.45, 2.75) is 62.5 Å². The Labute approximate surface area is 282 Å². The number of phenolic OH excluding ortho intramolecular Hbond substituents is 4. The summed E-state index contributed by atoms with van der Waals surface area (Å²) in [5, 5.41) is 46.9. The van der Waals surface area contributed by atoms with E-state index < -0.39 is 43.7 Å². The molecular weight excluding hydrogens is 665 g/mol. The van der Waals surface area contributed by atoms with Gasteiger partial charge >= 0.3 is 0 Å². The molecule has 0 bridgehead atoms. The standard InChI is InChI=1S/C34H34O8S4/c1-11(2)15-19-21(23(31(41)29(15)39)33-43-7-8-44-33)27(37)17(13(5)25(19)35)18-14(6)26(36)20-16(12(3)4)30(40)32(42)24(22(20)28(18)38)34-45-9-10-46-34/h11-12,33-35,37,39,41H,7-10H2,1-6H3. The Hall–Kier alpha value is -2.80. The molecule has 2 aromatic rings. The number of phenols is 4. The molecule has 2 aromatic carbocycles. The van der Waals surface area contributed by atoms with E-state index in [0.29, 0.717) is 11.5 Å². The number of fused-ring (bicyclic) bond motifs is 2. The highest BCUT2D eigenvalue weighted by molar-refractivity contribution is 8.19. The second kappa shape index (κ2) is 12.0. The maximum absolute atomic E-state index is 14.8. The van der Waals surface area contributed by atoms with Crippen LogP contribution < -0.4 is 21.7 Å². The number of thioether (sulfide) groups is 4. The molecule has 0 radical (unpaired) electrons. The van der Waals surface area contributed by atoms with Gasteiger partial charge in [0, 0.05) is 89.4 Å². The van der Waals surface area contributed by atoms with E-state index in [-0.39, 0.29) is 88.4 Å². The normalized spacial score (nSPS) is 16.3. The van der Waals surface area contributed by atoms with E-state index >= 15 is 0 Å². The predicted molar refractivity (Wildman–Crippen MR) is 193 cm³/mol. The van der Waals surface area contributed by atoms with Gasteiger partial charge < -0.3 is 20.4 Å². The highest BCUT2D eigenvalue weighted by Crippen LogP contribution is 2.59. The van der Waals surface area contributed by atoms with Gasteiger partial charge in [0.1, 0.15) is 11.5 Å². The Morgan fingerprint density at radius 1 is 0.500 bits per heavy atom. The summed E-state index contributed by atoms with van der Waals surface area (Å²) in [7, 11) is 0. The minimum atomic E-state index is -0.795. The molecule has 6 rings (SSSR count). The van der Waals surface area contributed by atoms with Crippen LogP contribution in [0.4, 0.5) is 0 Å². The van der Waals surface area contributed by atoms with Crippen LogP contribution in [0.2, 0.25) is 0 Å². The second-order valence-electron chi connectivity index (χ2n) is 12.3. The number of benzene rings is 4. The van der Waals surface area contributed by atoms with E-state index in [1.54, 1.807) is 27.7 Å². The zero-order valence-electron chi connectivity index (χ0n) is 26.2. The summed E-state index contributed by atoms with van der Waals surface area (Å²) in [6.07, 6.45) is 0. The smallest absolute Gasteiger partial charge is 0.231 e. The summed E-state index contributed by atoms with van der Waals surface area (Å²) < 4.78 is -0.895. The highest BCUT2D eigenvalue weighted by atomic mass is 32.2. The summed E-state index contributed by atoms with van der Waals surface area (Å²) in [6.45, 7) is 9.96. The Balaban J connectivity index is 1.86. The molecular formula is C34H34O8S4. The molecule has 4 aliphatic rings. The molecule has 12 heteroatoms. The van der Waals surface area contributed by atoms with Gasteiger partial charge in [-0.1, -0.05) is 27.7 Å². The predicted octanol–water partition coefficient (Wildman–Crippen LogP) is 6.57. The molecule has 0 spiro atoms. The van der Waals surface area contributed by atoms with Crippen LogP contribution >= 0.6 is 47.0 Å². The Bertz CT molecular complexity index is 2120. The largest absolute Gasteiger partial charge is 0.507 e. The van der Waals surface area contributed by atoms with Gasteiger partial charge in [-0.2, -0.15) is 0 Å². The van der Waals surface area contributed by atoms with Gasteiger partial charge in [0.15, 0.2) is 22.4 Å². The molecule has 0 amide bonds. The number of aromatic hydroxyl groups is 4. The van der Waals surface area contributed by atoms with E-state index in [4.69, 9.17) is 0 Å². The molecule has 242 valence electrons. The minimum Gasteiger partial charge on any atom is -0.507 e. The van der Waals surface area contributed by atoms with Crippen LogP contribution in [0.1, 0.15) is 82.1 Å². The minimum absolute atomic E-state index is 0.00603. The fourth-order valence-electron chi connectivity index (χ4n) is 6.90. The van der Waals surface area contributed by atoms with E-state index in [1.165, 1.54) is 60.9 Å². The van der Waals surface area contributed by atoms with Crippen LogP contribution in [-0.4, -0.2) is 43.4 Å². The van der Waals surface area contributed by atoms with Crippen molar-refractivity contribution in [2.75, 3.05) is 23.0 Å². The van der Waals surface area contributed by atoms with Gasteiger partial charge in [-0.3, -0.25) is 19.2 Å². The van der Waals surface area contributed by atoms with E-state index in [0.717, 1.165) is 11.5 Å². The fourth-order valence-corrected chi connectivity index (χ4v) is 12.8. The third-order valence-corrected chi connectivity index (χ3v) is 15.0. The quantitative estimate of drug-likeness (QED) is 0.101. The highest BCUT2D eigenvalue weighted by Gasteiger charge is 2.38. The SMILES string of the molecule is Cc1c(-c2c(C)c(=O)c3c(C(C)C)c(=O)c(=O)c(C4SCCS4)c-3c2=O)c(O)c2c(C3SCCS3)c(O)c(O)c(C(C)C)c2c1O. The lowest BCUT2D eigenvalue weighted by molar-refractivity contribution is 0.395. The number of rotatable bonds is 5. The Kier molecular flexibility index (Phi) is 8.65. The summed E-state index contributed by atoms with van der Waals surface area (Å²) in [5.74, 6) is 0.562. The van der Waals surface area contributed by atoms with Crippen molar-refractivity contribution in [3.63, 3.8) is 0 Å². The van der Waals surface area contributed by atoms with Gasteiger partial charge in [0.05, 0.1) is 9.16 Å². The van der Waals surface area contributed by atoms with E-state index in [9.17, 15) is 39.6 Å². The topological polar surface area (TPSA) is 149 Å². The molecule has 2 saturated heterocycles. The van der Waals surface area contributed by atoms with Gasteiger partial charge in [-0.25, -0.2) is 0 Å². The molecule has 0 aromatic heterocycles. The molecule has 4 N–H and O–H groups in total. The van der Waals surface area contributed by atoms with Crippen LogP contribution in [0, 0.1) is 13.8 Å². The van der Waals surface area contributed by atoms with Gasteiger partial charge in [0.25, 0.3) is 0 Å². The van der Waals surface area contributed by atoms with Crippen molar-refractivity contribution in [3.8, 4) is 45.3 Å². The van der Waals surface area contributed by atoms with Crippen LogP contribution in [0.5, 0.6) is 23.0 Å². The zero-order chi connectivity index (χ0) is 33.5. The molecule has 2 aliphatic carbocycles. The van der Waals surface area contributed by atoms with Crippen molar-refractivity contribution in [1.82, 2.24) is 0 Å². The maximum Gasteiger partial charge on any atom is 0.231 e. The third kappa shape index (κ3) is 4.69. The molecule has 2 aliphatic heterocycles. The molecule has 0 atom stereocenters. The zero-order valence-corrected chi connectivity index (χ0v) is 29.5. The summed E-state index contributed by atoms with van der Waals surface area (Å²) in [5.41, 5.74) is -2.67. The lowest BCUT2D eigenvalue weighted by Crippen LogP contribution is -2.39. The van der Waals surface area contributed by atoms with Crippen molar-refractivity contribution in [3.05, 3.63) is 74.3 Å². The van der Waals surface area contributed by atoms with Gasteiger partial charge in [0.2, 0.25) is 10.9 Å². The first-order valence-electron chi connectivity index (χ1n) is 15.0. The van der Waals surface area contributed by atoms with Crippen molar-refractivity contribution in [1.29, 1.82) is 0 Å². The molecule has 8 nitrogen and oxygen atoms in total. The summed E-state index contributed by atoms with van der Waals surface area (Å²) in [4.78, 5) is 56.3. The van der Waals surface area contributed by atoms with Crippen molar-refractivity contribution < 1.29 is 20.4 Å². The fraction of sp³-hybridized carbons (Fsp3) is 0.412. The maximum atomic E-state index is 14.8. The first-order chi connectivity index (χ1) is 21.7. The van der Waals surface area contributed by atoms with Crippen molar-refractivity contribution >= 4 is 57.8 Å². The van der Waals surface area contributed by atoms with E-state index in [1.807, 2.05) is 0 Å². The summed E-state index contributed by atoms with van der Waals surface area (Å²) >= 11 is 5.92. The van der Waals surface area contributed by atoms with Gasteiger partial charge in [-0.15, -0.1) is 47.0 Å². The van der Waals surface area contributed by atoms with Crippen LogP contribution in [0.15, 0.2) is 19.2 Å². The van der Waals surface area contributed by atoms with E-state index in [2.05, 4.69) is 0 Å². The second-order valence-corrected chi connectivity index (χ2v) is 17.8. The van der Waals surface area contributed by atoms with Crippen LogP contribution in [-0.2, 0) is 0 Å². The molecule has 2 fully saturated rings. The number of hydrogen-bond donors (Lipinski definition) is 4. The Morgan fingerprint density at radius 3 is 1.54 bits per heavy atom. The van der Waals surface area contributed by atoms with Crippen LogP contribution in [0.3, 0.4) is 0 Å². The first kappa shape index (κ1) is 33.1. The van der Waals surface area contributed by atoms with Crippen LogP contribution in [0.25, 0.3) is 33.0 Å². The molecule has 0 saturated carbocycles. The lowest BCUT2D eigenvalue weighted by Gasteiger charge is -2.25. The summed E-state index contributed by atoms with van der Waals surface area (Å²) in [6, 6.07) is 0. The average molecular weight is 699 g/mol. The number of hydrogen-bond acceptors (Lipinski definition) is 12. The molecule has 2 heterocycles. The molecule has 0 unspecified atom stereocenters. The first-order valence-corrected chi connectivity index (χ1v) is 19.2. The lowest BCUT2D eigenvalue weighted by atomic mass is 9.80. The van der Waals surface area contributed by atoms with Crippen molar-refractivity contribution in [2.24, 2.45) is 0 Å².